The van der Waals surface area contributed by atoms with Crippen molar-refractivity contribution >= 4 is 5.78 Å². The number of carbonyl (C=O) groups is 1. The number of phenolic OH excluding ortho intramolecular Hbond substituents is 1. The minimum absolute atomic E-state index is 0.0756. The fraction of sp³-hybridized carbons (Fsp3) is 0.435. The second kappa shape index (κ2) is 7.57. The molecule has 0 spiro atoms. The Morgan fingerprint density at radius 3 is 2.46 bits per heavy atom. The van der Waals surface area contributed by atoms with Gasteiger partial charge in [-0.25, -0.2) is 0 Å². The molecule has 1 aliphatic heterocycles. The molecule has 0 bridgehead atoms. The average molecular weight is 381 g/mol. The van der Waals surface area contributed by atoms with Gasteiger partial charge < -0.3 is 14.9 Å². The Bertz CT molecular complexity index is 834. The third-order valence-corrected chi connectivity index (χ3v) is 6.16. The van der Waals surface area contributed by atoms with Crippen molar-refractivity contribution in [2.24, 2.45) is 11.8 Å². The molecule has 3 atom stereocenters. The van der Waals surface area contributed by atoms with Crippen molar-refractivity contribution in [1.29, 1.82) is 0 Å². The van der Waals surface area contributed by atoms with Crippen molar-refractivity contribution in [3.8, 4) is 11.5 Å². The van der Waals surface area contributed by atoms with E-state index >= 15 is 0 Å². The van der Waals surface area contributed by atoms with Crippen LogP contribution in [0.25, 0.3) is 0 Å². The van der Waals surface area contributed by atoms with Gasteiger partial charge in [0.05, 0.1) is 19.3 Å². The lowest BCUT2D eigenvalue weighted by molar-refractivity contribution is 0.0355. The predicted octanol–water partition coefficient (Wildman–Crippen LogP) is 2.90. The van der Waals surface area contributed by atoms with Gasteiger partial charge in [0.15, 0.2) is 5.78 Å². The number of methoxy groups -OCH3 is 1. The summed E-state index contributed by atoms with van der Waals surface area (Å²) in [5, 5.41) is 20.5. The van der Waals surface area contributed by atoms with Gasteiger partial charge in [-0.1, -0.05) is 12.1 Å². The Hall–Kier alpha value is -2.37. The van der Waals surface area contributed by atoms with Crippen molar-refractivity contribution in [1.82, 2.24) is 4.90 Å². The first-order valence-corrected chi connectivity index (χ1v) is 9.84. The number of fused-ring (bicyclic) bond motifs is 1. The fourth-order valence-corrected chi connectivity index (χ4v) is 4.94. The molecule has 1 saturated heterocycles. The molecule has 0 aromatic heterocycles. The molecule has 1 saturated carbocycles. The number of Topliss-reactive ketones (excluding diaryl/α,β-unsaturated/α-hetero) is 1. The zero-order valence-corrected chi connectivity index (χ0v) is 16.2. The summed E-state index contributed by atoms with van der Waals surface area (Å²) >= 11 is 0. The van der Waals surface area contributed by atoms with E-state index in [1.807, 2.05) is 24.3 Å². The highest BCUT2D eigenvalue weighted by Gasteiger charge is 2.48. The van der Waals surface area contributed by atoms with Crippen LogP contribution < -0.4 is 4.74 Å². The van der Waals surface area contributed by atoms with Crippen LogP contribution in [0.5, 0.6) is 11.5 Å². The Morgan fingerprint density at radius 1 is 1.14 bits per heavy atom. The highest BCUT2D eigenvalue weighted by molar-refractivity contribution is 5.97. The first-order valence-electron chi connectivity index (χ1n) is 9.84. The lowest BCUT2D eigenvalue weighted by Crippen LogP contribution is -2.34. The van der Waals surface area contributed by atoms with Gasteiger partial charge in [0.25, 0.3) is 0 Å². The summed E-state index contributed by atoms with van der Waals surface area (Å²) in [5.74, 6) is 1.93. The SMILES string of the molecule is COc1cccc(CC2(O)C[C@H]3CN(CC(=O)c4ccc(O)cc4)C[C@H]3C2)c1. The molecule has 2 aliphatic rings. The Balaban J connectivity index is 1.33. The minimum Gasteiger partial charge on any atom is -0.508 e. The second-order valence-corrected chi connectivity index (χ2v) is 8.35. The monoisotopic (exact) mass is 381 g/mol. The first-order chi connectivity index (χ1) is 13.4. The summed E-state index contributed by atoms with van der Waals surface area (Å²) in [7, 11) is 1.65. The number of ketones is 1. The van der Waals surface area contributed by atoms with Gasteiger partial charge in [-0.2, -0.15) is 0 Å². The van der Waals surface area contributed by atoms with Gasteiger partial charge in [-0.15, -0.1) is 0 Å². The molecule has 148 valence electrons. The molecule has 5 nitrogen and oxygen atoms in total. The number of aromatic hydroxyl groups is 1. The van der Waals surface area contributed by atoms with E-state index < -0.39 is 5.60 Å². The van der Waals surface area contributed by atoms with E-state index in [2.05, 4.69) is 4.90 Å². The maximum atomic E-state index is 12.5. The molecule has 2 N–H and O–H groups in total. The largest absolute Gasteiger partial charge is 0.508 e. The summed E-state index contributed by atoms with van der Waals surface area (Å²) in [4.78, 5) is 14.7. The van der Waals surface area contributed by atoms with Crippen molar-refractivity contribution in [2.75, 3.05) is 26.7 Å². The van der Waals surface area contributed by atoms with E-state index in [0.29, 0.717) is 30.4 Å². The highest BCUT2D eigenvalue weighted by atomic mass is 16.5. The highest BCUT2D eigenvalue weighted by Crippen LogP contribution is 2.45. The van der Waals surface area contributed by atoms with E-state index in [1.54, 1.807) is 31.4 Å². The number of likely N-dealkylation sites (tertiary alicyclic amines) is 1. The number of hydrogen-bond donors (Lipinski definition) is 2. The summed E-state index contributed by atoms with van der Waals surface area (Å²) in [6, 6.07) is 14.3. The van der Waals surface area contributed by atoms with E-state index in [0.717, 1.165) is 37.2 Å². The van der Waals surface area contributed by atoms with Gasteiger partial charge >= 0.3 is 0 Å². The topological polar surface area (TPSA) is 70.0 Å². The van der Waals surface area contributed by atoms with Gasteiger partial charge in [-0.3, -0.25) is 9.69 Å². The number of benzene rings is 2. The Kier molecular flexibility index (Phi) is 5.13. The summed E-state index contributed by atoms with van der Waals surface area (Å²) < 4.78 is 5.29. The second-order valence-electron chi connectivity index (χ2n) is 8.35. The molecule has 1 aliphatic carbocycles. The van der Waals surface area contributed by atoms with Crippen molar-refractivity contribution in [3.63, 3.8) is 0 Å². The van der Waals surface area contributed by atoms with Crippen LogP contribution in [0.3, 0.4) is 0 Å². The summed E-state index contributed by atoms with van der Waals surface area (Å²) in [6.45, 7) is 2.11. The number of phenols is 1. The van der Waals surface area contributed by atoms with Crippen LogP contribution in [0.2, 0.25) is 0 Å². The number of ether oxygens (including phenoxy) is 1. The van der Waals surface area contributed by atoms with Crippen LogP contribution in [0.15, 0.2) is 48.5 Å². The molecular weight excluding hydrogens is 354 g/mol. The van der Waals surface area contributed by atoms with Gasteiger partial charge in [0, 0.05) is 25.1 Å². The van der Waals surface area contributed by atoms with Crippen LogP contribution in [0.1, 0.15) is 28.8 Å². The van der Waals surface area contributed by atoms with Crippen molar-refractivity contribution in [3.05, 3.63) is 59.7 Å². The number of nitrogens with zero attached hydrogens (tertiary/aromatic N) is 1. The number of aliphatic hydroxyl groups is 1. The van der Waals surface area contributed by atoms with E-state index in [4.69, 9.17) is 4.74 Å². The predicted molar refractivity (Wildman–Crippen MR) is 107 cm³/mol. The van der Waals surface area contributed by atoms with Crippen LogP contribution >= 0.6 is 0 Å². The third kappa shape index (κ3) is 4.05. The molecular formula is C23H27NO4. The van der Waals surface area contributed by atoms with Gasteiger partial charge in [0.1, 0.15) is 11.5 Å². The number of hydrogen-bond acceptors (Lipinski definition) is 5. The van der Waals surface area contributed by atoms with Crippen molar-refractivity contribution in [2.45, 2.75) is 24.9 Å². The molecule has 2 fully saturated rings. The molecule has 2 aromatic carbocycles. The maximum absolute atomic E-state index is 12.5. The van der Waals surface area contributed by atoms with E-state index in [1.165, 1.54) is 0 Å². The van der Waals surface area contributed by atoms with Crippen molar-refractivity contribution < 1.29 is 19.7 Å². The smallest absolute Gasteiger partial charge is 0.176 e. The lowest BCUT2D eigenvalue weighted by Gasteiger charge is -2.26. The zero-order chi connectivity index (χ0) is 19.7. The van der Waals surface area contributed by atoms with Crippen LogP contribution in [0.4, 0.5) is 0 Å². The molecule has 1 unspecified atom stereocenters. The standard InChI is InChI=1S/C23H27NO4/c1-28-21-4-2-3-16(9-21)10-23(27)11-18-13-24(14-19(18)12-23)15-22(26)17-5-7-20(25)8-6-17/h2-9,18-19,25,27H,10-15H2,1H3/t18-,19+,23?. The molecule has 1 heterocycles. The number of rotatable bonds is 6. The first kappa shape index (κ1) is 19.0. The van der Waals surface area contributed by atoms with E-state index in [9.17, 15) is 15.0 Å². The molecule has 5 heteroatoms. The normalized spacial score (nSPS) is 26.9. The average Bonchev–Trinajstić information content (AvgIpc) is 3.16. The van der Waals surface area contributed by atoms with Crippen LogP contribution in [-0.2, 0) is 6.42 Å². The molecule has 2 aromatic rings. The van der Waals surface area contributed by atoms with Crippen LogP contribution in [0, 0.1) is 11.8 Å². The minimum atomic E-state index is -0.672. The summed E-state index contributed by atoms with van der Waals surface area (Å²) in [6.07, 6.45) is 2.20. The molecule has 0 amide bonds. The molecule has 0 radical (unpaired) electrons. The zero-order valence-electron chi connectivity index (χ0n) is 16.2. The van der Waals surface area contributed by atoms with Gasteiger partial charge in [-0.05, 0) is 66.6 Å². The van der Waals surface area contributed by atoms with Crippen LogP contribution in [-0.4, -0.2) is 53.2 Å². The maximum Gasteiger partial charge on any atom is 0.176 e. The lowest BCUT2D eigenvalue weighted by atomic mass is 9.91. The Morgan fingerprint density at radius 2 is 1.82 bits per heavy atom. The molecule has 28 heavy (non-hydrogen) atoms. The molecule has 4 rings (SSSR count). The third-order valence-electron chi connectivity index (χ3n) is 6.16. The Labute approximate surface area is 165 Å². The van der Waals surface area contributed by atoms with E-state index in [-0.39, 0.29) is 11.5 Å². The van der Waals surface area contributed by atoms with Gasteiger partial charge in [0.2, 0.25) is 0 Å². The number of carbonyl (C=O) groups excluding carboxylic acids is 1. The quantitative estimate of drug-likeness (QED) is 0.753. The summed E-state index contributed by atoms with van der Waals surface area (Å²) in [5.41, 5.74) is 1.06. The fourth-order valence-electron chi connectivity index (χ4n) is 4.94.